The molecule has 1 heterocycles. The second kappa shape index (κ2) is 6.76. The number of aryl methyl sites for hydroxylation is 1. The Balaban J connectivity index is 2.08. The molecule has 2 N–H and O–H groups in total. The minimum atomic E-state index is -3.69. The van der Waals surface area contributed by atoms with Crippen LogP contribution in [0.1, 0.15) is 19.4 Å². The molecule has 1 aliphatic rings. The number of rotatable bonds is 4. The van der Waals surface area contributed by atoms with Crippen LogP contribution >= 0.6 is 0 Å². The number of carbonyl (C=O) groups is 1. The third-order valence-corrected chi connectivity index (χ3v) is 5.37. The van der Waals surface area contributed by atoms with Crippen molar-refractivity contribution >= 4 is 15.9 Å². The first-order chi connectivity index (χ1) is 10.3. The van der Waals surface area contributed by atoms with Crippen molar-refractivity contribution in [3.05, 3.63) is 29.8 Å². The molecule has 0 saturated carbocycles. The Morgan fingerprint density at radius 3 is 2.59 bits per heavy atom. The normalized spacial score (nSPS) is 20.7. The number of amides is 1. The summed E-state index contributed by atoms with van der Waals surface area (Å²) in [5, 5.41) is 3.21. The van der Waals surface area contributed by atoms with E-state index < -0.39 is 16.1 Å². The van der Waals surface area contributed by atoms with Gasteiger partial charge in [0.1, 0.15) is 0 Å². The van der Waals surface area contributed by atoms with Gasteiger partial charge in [0.05, 0.1) is 10.9 Å². The van der Waals surface area contributed by atoms with Gasteiger partial charge in [-0.15, -0.1) is 0 Å². The molecule has 122 valence electrons. The summed E-state index contributed by atoms with van der Waals surface area (Å²) in [6.07, 6.45) is 0. The van der Waals surface area contributed by atoms with E-state index in [1.54, 1.807) is 36.1 Å². The zero-order valence-corrected chi connectivity index (χ0v) is 14.0. The molecule has 2 rings (SSSR count). The lowest BCUT2D eigenvalue weighted by Gasteiger charge is -2.35. The molecule has 7 heteroatoms. The summed E-state index contributed by atoms with van der Waals surface area (Å²) in [6, 6.07) is 5.84. The average molecular weight is 325 g/mol. The second-order valence-electron chi connectivity index (χ2n) is 5.74. The topological polar surface area (TPSA) is 78.5 Å². The van der Waals surface area contributed by atoms with Gasteiger partial charge in [0.2, 0.25) is 15.9 Å². The SMILES string of the molecule is Cc1ccc(S(=O)(=O)NC(C)C(=O)N2CCNC[C@@H]2C)cc1. The summed E-state index contributed by atoms with van der Waals surface area (Å²) in [5.41, 5.74) is 0.984. The zero-order chi connectivity index (χ0) is 16.3. The van der Waals surface area contributed by atoms with E-state index in [1.165, 1.54) is 0 Å². The fraction of sp³-hybridized carbons (Fsp3) is 0.533. The Bertz CT molecular complexity index is 628. The number of carbonyl (C=O) groups excluding carboxylic acids is 1. The summed E-state index contributed by atoms with van der Waals surface area (Å²) >= 11 is 0. The largest absolute Gasteiger partial charge is 0.336 e. The van der Waals surface area contributed by atoms with Crippen LogP contribution in [0.4, 0.5) is 0 Å². The van der Waals surface area contributed by atoms with Gasteiger partial charge < -0.3 is 10.2 Å². The van der Waals surface area contributed by atoms with Gasteiger partial charge in [0, 0.05) is 25.7 Å². The van der Waals surface area contributed by atoms with Crippen LogP contribution < -0.4 is 10.0 Å². The number of hydrogen-bond acceptors (Lipinski definition) is 4. The summed E-state index contributed by atoms with van der Waals surface area (Å²) in [7, 11) is -3.69. The molecule has 0 aliphatic carbocycles. The van der Waals surface area contributed by atoms with E-state index in [0.717, 1.165) is 18.7 Å². The first-order valence-electron chi connectivity index (χ1n) is 7.41. The molecule has 1 saturated heterocycles. The van der Waals surface area contributed by atoms with Gasteiger partial charge in [-0.25, -0.2) is 8.42 Å². The van der Waals surface area contributed by atoms with Crippen molar-refractivity contribution < 1.29 is 13.2 Å². The van der Waals surface area contributed by atoms with E-state index in [0.29, 0.717) is 6.54 Å². The zero-order valence-electron chi connectivity index (χ0n) is 13.2. The van der Waals surface area contributed by atoms with Crippen molar-refractivity contribution in [2.24, 2.45) is 0 Å². The Hall–Kier alpha value is -1.44. The van der Waals surface area contributed by atoms with Crippen molar-refractivity contribution in [3.8, 4) is 0 Å². The van der Waals surface area contributed by atoms with E-state index in [1.807, 2.05) is 13.8 Å². The maximum atomic E-state index is 12.4. The van der Waals surface area contributed by atoms with Gasteiger partial charge in [-0.2, -0.15) is 4.72 Å². The van der Waals surface area contributed by atoms with Crippen LogP contribution in [0.3, 0.4) is 0 Å². The number of benzene rings is 1. The first kappa shape index (κ1) is 16.9. The highest BCUT2D eigenvalue weighted by atomic mass is 32.2. The van der Waals surface area contributed by atoms with E-state index in [2.05, 4.69) is 10.0 Å². The average Bonchev–Trinajstić information content (AvgIpc) is 2.47. The molecule has 1 aromatic rings. The standard InChI is InChI=1S/C15H23N3O3S/c1-11-4-6-14(7-5-11)22(20,21)17-13(3)15(19)18-9-8-16-10-12(18)2/h4-7,12-13,16-17H,8-10H2,1-3H3/t12-,13?/m0/s1. The Morgan fingerprint density at radius 2 is 2.00 bits per heavy atom. The van der Waals surface area contributed by atoms with Gasteiger partial charge >= 0.3 is 0 Å². The molecule has 1 fully saturated rings. The predicted octanol–water partition coefficient (Wildman–Crippen LogP) is 0.482. The predicted molar refractivity (Wildman–Crippen MR) is 85.0 cm³/mol. The van der Waals surface area contributed by atoms with Crippen LogP contribution in [0, 0.1) is 6.92 Å². The molecule has 0 aromatic heterocycles. The molecule has 22 heavy (non-hydrogen) atoms. The summed E-state index contributed by atoms with van der Waals surface area (Å²) < 4.78 is 27.1. The minimum Gasteiger partial charge on any atom is -0.336 e. The molecular formula is C15H23N3O3S. The molecule has 1 aliphatic heterocycles. The van der Waals surface area contributed by atoms with Gasteiger partial charge in [0.15, 0.2) is 0 Å². The summed E-state index contributed by atoms with van der Waals surface area (Å²) in [6.45, 7) is 7.48. The molecule has 0 bridgehead atoms. The Morgan fingerprint density at radius 1 is 1.36 bits per heavy atom. The van der Waals surface area contributed by atoms with Crippen LogP contribution in [-0.4, -0.2) is 50.9 Å². The highest BCUT2D eigenvalue weighted by molar-refractivity contribution is 7.89. The Kier molecular flexibility index (Phi) is 5.20. The maximum Gasteiger partial charge on any atom is 0.241 e. The van der Waals surface area contributed by atoms with Gasteiger partial charge in [-0.05, 0) is 32.9 Å². The molecular weight excluding hydrogens is 302 g/mol. The minimum absolute atomic E-state index is 0.0626. The highest BCUT2D eigenvalue weighted by Crippen LogP contribution is 2.12. The third kappa shape index (κ3) is 3.85. The third-order valence-electron chi connectivity index (χ3n) is 3.82. The number of nitrogens with zero attached hydrogens (tertiary/aromatic N) is 1. The maximum absolute atomic E-state index is 12.4. The smallest absolute Gasteiger partial charge is 0.241 e. The van der Waals surface area contributed by atoms with Crippen molar-refractivity contribution in [2.75, 3.05) is 19.6 Å². The quantitative estimate of drug-likeness (QED) is 0.844. The summed E-state index contributed by atoms with van der Waals surface area (Å²) in [4.78, 5) is 14.3. The van der Waals surface area contributed by atoms with Crippen LogP contribution in [-0.2, 0) is 14.8 Å². The van der Waals surface area contributed by atoms with E-state index in [-0.39, 0.29) is 16.8 Å². The fourth-order valence-electron chi connectivity index (χ4n) is 2.49. The summed E-state index contributed by atoms with van der Waals surface area (Å²) in [5.74, 6) is -0.190. The molecule has 1 amide bonds. The number of piperazine rings is 1. The van der Waals surface area contributed by atoms with Crippen molar-refractivity contribution in [2.45, 2.75) is 37.8 Å². The highest BCUT2D eigenvalue weighted by Gasteiger charge is 2.29. The molecule has 2 atom stereocenters. The lowest BCUT2D eigenvalue weighted by atomic mass is 10.2. The van der Waals surface area contributed by atoms with Crippen LogP contribution in [0.2, 0.25) is 0 Å². The van der Waals surface area contributed by atoms with Gasteiger partial charge in [0.25, 0.3) is 0 Å². The Labute approximate surface area is 131 Å². The van der Waals surface area contributed by atoms with Crippen molar-refractivity contribution in [1.29, 1.82) is 0 Å². The molecule has 1 aromatic carbocycles. The van der Waals surface area contributed by atoms with E-state index >= 15 is 0 Å². The van der Waals surface area contributed by atoms with Gasteiger partial charge in [-0.3, -0.25) is 4.79 Å². The lowest BCUT2D eigenvalue weighted by Crippen LogP contribution is -2.57. The lowest BCUT2D eigenvalue weighted by molar-refractivity contribution is -0.135. The molecule has 0 spiro atoms. The second-order valence-corrected chi connectivity index (χ2v) is 7.45. The molecule has 1 unspecified atom stereocenters. The number of nitrogens with one attached hydrogen (secondary N) is 2. The van der Waals surface area contributed by atoms with E-state index in [4.69, 9.17) is 0 Å². The molecule has 0 radical (unpaired) electrons. The van der Waals surface area contributed by atoms with Crippen LogP contribution in [0.15, 0.2) is 29.2 Å². The number of sulfonamides is 1. The monoisotopic (exact) mass is 325 g/mol. The van der Waals surface area contributed by atoms with Crippen molar-refractivity contribution in [3.63, 3.8) is 0 Å². The van der Waals surface area contributed by atoms with Gasteiger partial charge in [-0.1, -0.05) is 17.7 Å². The van der Waals surface area contributed by atoms with Crippen LogP contribution in [0.5, 0.6) is 0 Å². The fourth-order valence-corrected chi connectivity index (χ4v) is 3.68. The van der Waals surface area contributed by atoms with E-state index in [9.17, 15) is 13.2 Å². The number of hydrogen-bond donors (Lipinski definition) is 2. The molecule has 6 nitrogen and oxygen atoms in total. The van der Waals surface area contributed by atoms with Crippen molar-refractivity contribution in [1.82, 2.24) is 14.9 Å². The first-order valence-corrected chi connectivity index (χ1v) is 8.90. The van der Waals surface area contributed by atoms with Crippen LogP contribution in [0.25, 0.3) is 0 Å².